The van der Waals surface area contributed by atoms with Crippen LogP contribution in [0.15, 0.2) is 42.7 Å². The first-order valence-electron chi connectivity index (χ1n) is 7.67. The van der Waals surface area contributed by atoms with E-state index in [9.17, 15) is 0 Å². The predicted molar refractivity (Wildman–Crippen MR) is 88.2 cm³/mol. The first-order chi connectivity index (χ1) is 10.8. The molecule has 0 amide bonds. The van der Waals surface area contributed by atoms with Crippen molar-refractivity contribution in [1.82, 2.24) is 9.88 Å². The molecule has 0 atom stereocenters. The Morgan fingerprint density at radius 2 is 1.68 bits per heavy atom. The van der Waals surface area contributed by atoms with Crippen molar-refractivity contribution < 1.29 is 9.47 Å². The van der Waals surface area contributed by atoms with Crippen LogP contribution in [0, 0.1) is 0 Å². The summed E-state index contributed by atoms with van der Waals surface area (Å²) in [6.45, 7) is 7.56. The van der Waals surface area contributed by atoms with Gasteiger partial charge in [-0.2, -0.15) is 0 Å². The Labute approximate surface area is 132 Å². The first-order valence-corrected chi connectivity index (χ1v) is 7.67. The summed E-state index contributed by atoms with van der Waals surface area (Å²) in [5, 5.41) is 0. The number of rotatable bonds is 8. The van der Waals surface area contributed by atoms with Crippen LogP contribution in [-0.2, 0) is 13.1 Å². The Morgan fingerprint density at radius 1 is 0.955 bits per heavy atom. The highest BCUT2D eigenvalue weighted by Crippen LogP contribution is 2.28. The van der Waals surface area contributed by atoms with Crippen LogP contribution in [0.1, 0.15) is 25.0 Å². The lowest BCUT2D eigenvalue weighted by molar-refractivity contribution is 0.270. The van der Waals surface area contributed by atoms with Gasteiger partial charge in [-0.1, -0.05) is 13.0 Å². The Morgan fingerprint density at radius 3 is 2.32 bits per heavy atom. The Balaban J connectivity index is 2.07. The quantitative estimate of drug-likeness (QED) is 0.747. The van der Waals surface area contributed by atoms with Crippen molar-refractivity contribution in [2.45, 2.75) is 26.9 Å². The minimum atomic E-state index is 0.638. The number of pyridine rings is 1. The van der Waals surface area contributed by atoms with Crippen molar-refractivity contribution in [3.8, 4) is 11.5 Å². The van der Waals surface area contributed by atoms with E-state index in [4.69, 9.17) is 9.47 Å². The van der Waals surface area contributed by atoms with E-state index in [1.165, 1.54) is 11.1 Å². The molecular formula is C18H24N2O2. The molecule has 4 nitrogen and oxygen atoms in total. The molecule has 22 heavy (non-hydrogen) atoms. The van der Waals surface area contributed by atoms with Crippen molar-refractivity contribution in [2.75, 3.05) is 20.3 Å². The summed E-state index contributed by atoms with van der Waals surface area (Å²) in [5.41, 5.74) is 2.49. The van der Waals surface area contributed by atoms with E-state index >= 15 is 0 Å². The van der Waals surface area contributed by atoms with Crippen molar-refractivity contribution in [2.24, 2.45) is 0 Å². The molecule has 0 aliphatic carbocycles. The number of hydrogen-bond donors (Lipinski definition) is 0. The molecular weight excluding hydrogens is 276 g/mol. The zero-order valence-corrected chi connectivity index (χ0v) is 13.6. The molecule has 0 unspecified atom stereocenters. The molecule has 0 radical (unpaired) electrons. The van der Waals surface area contributed by atoms with Crippen molar-refractivity contribution >= 4 is 0 Å². The van der Waals surface area contributed by atoms with Gasteiger partial charge >= 0.3 is 0 Å². The fourth-order valence-electron chi connectivity index (χ4n) is 2.37. The van der Waals surface area contributed by atoms with Gasteiger partial charge in [0.15, 0.2) is 11.5 Å². The average Bonchev–Trinajstić information content (AvgIpc) is 2.56. The summed E-state index contributed by atoms with van der Waals surface area (Å²) in [5.74, 6) is 1.59. The Hall–Kier alpha value is -2.07. The van der Waals surface area contributed by atoms with Gasteiger partial charge in [0.2, 0.25) is 0 Å². The summed E-state index contributed by atoms with van der Waals surface area (Å²) in [4.78, 5) is 6.44. The second-order valence-electron chi connectivity index (χ2n) is 5.08. The third kappa shape index (κ3) is 4.46. The van der Waals surface area contributed by atoms with Crippen molar-refractivity contribution in [3.63, 3.8) is 0 Å². The van der Waals surface area contributed by atoms with Gasteiger partial charge in [0.25, 0.3) is 0 Å². The van der Waals surface area contributed by atoms with Crippen LogP contribution >= 0.6 is 0 Å². The van der Waals surface area contributed by atoms with Crippen LogP contribution in [0.4, 0.5) is 0 Å². The van der Waals surface area contributed by atoms with Gasteiger partial charge in [-0.05, 0) is 48.9 Å². The Bertz CT molecular complexity index is 573. The first kappa shape index (κ1) is 16.3. The molecule has 2 rings (SSSR count). The maximum absolute atomic E-state index is 5.56. The summed E-state index contributed by atoms with van der Waals surface area (Å²) in [7, 11) is 1.68. The standard InChI is InChI=1S/C18H24N2O2/c1-4-20(13-15-8-10-19-11-9-15)14-16-6-7-17(22-5-2)18(12-16)21-3/h6-12H,4-5,13-14H2,1-3H3. The van der Waals surface area contributed by atoms with Crippen LogP contribution in [0.25, 0.3) is 0 Å². The van der Waals surface area contributed by atoms with E-state index in [2.05, 4.69) is 41.1 Å². The number of methoxy groups -OCH3 is 1. The normalized spacial score (nSPS) is 10.7. The monoisotopic (exact) mass is 300 g/mol. The number of aromatic nitrogens is 1. The maximum atomic E-state index is 5.56. The zero-order chi connectivity index (χ0) is 15.8. The maximum Gasteiger partial charge on any atom is 0.161 e. The number of hydrogen-bond acceptors (Lipinski definition) is 4. The van der Waals surface area contributed by atoms with Crippen LogP contribution in [-0.4, -0.2) is 30.1 Å². The highest BCUT2D eigenvalue weighted by Gasteiger charge is 2.09. The van der Waals surface area contributed by atoms with E-state index in [1.54, 1.807) is 7.11 Å². The summed E-state index contributed by atoms with van der Waals surface area (Å²) in [6, 6.07) is 10.3. The number of nitrogens with zero attached hydrogens (tertiary/aromatic N) is 2. The van der Waals surface area contributed by atoms with Crippen LogP contribution in [0.3, 0.4) is 0 Å². The third-order valence-corrected chi connectivity index (χ3v) is 3.54. The van der Waals surface area contributed by atoms with Gasteiger partial charge in [-0.3, -0.25) is 9.88 Å². The minimum Gasteiger partial charge on any atom is -0.493 e. The van der Waals surface area contributed by atoms with E-state index in [-0.39, 0.29) is 0 Å². The molecule has 2 aromatic rings. The lowest BCUT2D eigenvalue weighted by Crippen LogP contribution is -2.22. The van der Waals surface area contributed by atoms with Crippen LogP contribution < -0.4 is 9.47 Å². The molecule has 1 aromatic carbocycles. The lowest BCUT2D eigenvalue weighted by Gasteiger charge is -2.21. The van der Waals surface area contributed by atoms with E-state index in [0.29, 0.717) is 6.61 Å². The lowest BCUT2D eigenvalue weighted by atomic mass is 10.1. The Kier molecular flexibility index (Phi) is 6.22. The molecule has 0 saturated carbocycles. The largest absolute Gasteiger partial charge is 0.493 e. The molecule has 1 aromatic heterocycles. The minimum absolute atomic E-state index is 0.638. The van der Waals surface area contributed by atoms with E-state index in [0.717, 1.165) is 31.1 Å². The fraction of sp³-hybridized carbons (Fsp3) is 0.389. The second kappa shape index (κ2) is 8.39. The van der Waals surface area contributed by atoms with Gasteiger partial charge in [-0.25, -0.2) is 0 Å². The van der Waals surface area contributed by atoms with E-state index in [1.807, 2.05) is 25.4 Å². The predicted octanol–water partition coefficient (Wildman–Crippen LogP) is 3.51. The molecule has 0 spiro atoms. The zero-order valence-electron chi connectivity index (χ0n) is 13.6. The second-order valence-corrected chi connectivity index (χ2v) is 5.08. The van der Waals surface area contributed by atoms with Gasteiger partial charge in [0, 0.05) is 25.5 Å². The van der Waals surface area contributed by atoms with Crippen LogP contribution in [0.5, 0.6) is 11.5 Å². The number of ether oxygens (including phenoxy) is 2. The number of benzene rings is 1. The molecule has 0 aliphatic heterocycles. The summed E-state index contributed by atoms with van der Waals surface area (Å²) in [6.07, 6.45) is 3.67. The van der Waals surface area contributed by atoms with Gasteiger partial charge < -0.3 is 9.47 Å². The fourth-order valence-corrected chi connectivity index (χ4v) is 2.37. The van der Waals surface area contributed by atoms with Crippen molar-refractivity contribution in [1.29, 1.82) is 0 Å². The highest BCUT2D eigenvalue weighted by atomic mass is 16.5. The topological polar surface area (TPSA) is 34.6 Å². The summed E-state index contributed by atoms with van der Waals surface area (Å²) < 4.78 is 11.0. The molecule has 0 bridgehead atoms. The molecule has 0 N–H and O–H groups in total. The molecule has 4 heteroatoms. The van der Waals surface area contributed by atoms with Crippen LogP contribution in [0.2, 0.25) is 0 Å². The molecule has 0 saturated heterocycles. The van der Waals surface area contributed by atoms with E-state index < -0.39 is 0 Å². The van der Waals surface area contributed by atoms with Gasteiger partial charge in [0.05, 0.1) is 13.7 Å². The smallest absolute Gasteiger partial charge is 0.161 e. The molecule has 0 aliphatic rings. The van der Waals surface area contributed by atoms with Crippen molar-refractivity contribution in [3.05, 3.63) is 53.9 Å². The molecule has 0 fully saturated rings. The average molecular weight is 300 g/mol. The SMILES string of the molecule is CCOc1ccc(CN(CC)Cc2ccncc2)cc1OC. The highest BCUT2D eigenvalue weighted by molar-refractivity contribution is 5.43. The van der Waals surface area contributed by atoms with Gasteiger partial charge in [-0.15, -0.1) is 0 Å². The molecule has 118 valence electrons. The third-order valence-electron chi connectivity index (χ3n) is 3.54. The summed E-state index contributed by atoms with van der Waals surface area (Å²) >= 11 is 0. The molecule has 1 heterocycles. The van der Waals surface area contributed by atoms with Gasteiger partial charge in [0.1, 0.15) is 0 Å².